The van der Waals surface area contributed by atoms with Crippen molar-refractivity contribution in [2.45, 2.75) is 56.8 Å². The molecule has 1 aromatic heterocycles. The fourth-order valence-corrected chi connectivity index (χ4v) is 4.41. The van der Waals surface area contributed by atoms with Crippen molar-refractivity contribution in [3.63, 3.8) is 0 Å². The van der Waals surface area contributed by atoms with Gasteiger partial charge < -0.3 is 10.4 Å². The number of rotatable bonds is 5. The summed E-state index contributed by atoms with van der Waals surface area (Å²) < 4.78 is 40.7. The number of urea groups is 1. The highest BCUT2D eigenvalue weighted by Gasteiger charge is 2.56. The Labute approximate surface area is 175 Å². The van der Waals surface area contributed by atoms with Crippen LogP contribution in [0.3, 0.4) is 0 Å². The topological polar surface area (TPSA) is 99.6 Å². The summed E-state index contributed by atoms with van der Waals surface area (Å²) >= 11 is 5.83. The van der Waals surface area contributed by atoms with E-state index in [2.05, 4.69) is 4.98 Å². The van der Waals surface area contributed by atoms with E-state index in [0.717, 1.165) is 6.42 Å². The molecule has 0 radical (unpaired) electrons. The number of hydrogen-bond donors (Lipinski definition) is 2. The highest BCUT2D eigenvalue weighted by Crippen LogP contribution is 2.36. The molecular weight excluding hydrogens is 427 g/mol. The van der Waals surface area contributed by atoms with E-state index in [9.17, 15) is 32.7 Å². The van der Waals surface area contributed by atoms with Crippen molar-refractivity contribution in [2.75, 3.05) is 0 Å². The first-order chi connectivity index (χ1) is 14.1. The number of carbonyl (C=O) groups excluding carboxylic acids is 2. The molecular formula is C19H21ClF3N3O4. The molecule has 3 atom stereocenters. The van der Waals surface area contributed by atoms with Crippen LogP contribution in [0.4, 0.5) is 18.0 Å². The van der Waals surface area contributed by atoms with E-state index < -0.39 is 48.0 Å². The summed E-state index contributed by atoms with van der Waals surface area (Å²) in [7, 11) is 0. The number of nitrogens with one attached hydrogen (secondary N) is 1. The molecule has 2 N–H and O–H groups in total. The van der Waals surface area contributed by atoms with E-state index in [1.807, 2.05) is 5.32 Å². The molecule has 0 aromatic carbocycles. The van der Waals surface area contributed by atoms with Crippen LogP contribution in [0.1, 0.15) is 37.7 Å². The Kier molecular flexibility index (Phi) is 6.54. The van der Waals surface area contributed by atoms with Crippen LogP contribution in [0.2, 0.25) is 5.02 Å². The first-order valence-electron chi connectivity index (χ1n) is 9.62. The second-order valence-electron chi connectivity index (χ2n) is 7.68. The lowest BCUT2D eigenvalue weighted by molar-refractivity contribution is -0.172. The van der Waals surface area contributed by atoms with Gasteiger partial charge in [0, 0.05) is 12.4 Å². The summed E-state index contributed by atoms with van der Waals surface area (Å²) in [5.74, 6) is -4.20. The van der Waals surface area contributed by atoms with E-state index in [-0.39, 0.29) is 6.42 Å². The predicted octanol–water partition coefficient (Wildman–Crippen LogP) is 3.41. The second-order valence-corrected chi connectivity index (χ2v) is 8.12. The number of aromatic nitrogens is 1. The fraction of sp³-hybridized carbons (Fsp3) is 0.579. The van der Waals surface area contributed by atoms with Crippen molar-refractivity contribution in [1.82, 2.24) is 15.2 Å². The lowest BCUT2D eigenvalue weighted by atomic mass is 9.82. The Morgan fingerprint density at radius 2 is 1.93 bits per heavy atom. The fourth-order valence-electron chi connectivity index (χ4n) is 4.21. The number of nitrogens with zero attached hydrogens (tertiary/aromatic N) is 2. The predicted molar refractivity (Wildman–Crippen MR) is 99.7 cm³/mol. The first-order valence-corrected chi connectivity index (χ1v) is 10.00. The molecule has 7 nitrogen and oxygen atoms in total. The number of carboxylic acid groups (broad SMARTS) is 1. The zero-order valence-electron chi connectivity index (χ0n) is 15.9. The quantitative estimate of drug-likeness (QED) is 0.674. The first kappa shape index (κ1) is 22.3. The van der Waals surface area contributed by atoms with Gasteiger partial charge in [0.1, 0.15) is 6.04 Å². The van der Waals surface area contributed by atoms with Gasteiger partial charge in [0.05, 0.1) is 10.9 Å². The Bertz CT molecular complexity index is 829. The molecule has 164 valence electrons. The SMILES string of the molecule is O=C(O)[C@@H]1[C@@H](Cc2cncc(Cl)c2)C(=O)N1C(=O)N[C@@H](C1CCCCC1)C(F)(F)F. The molecule has 1 aliphatic heterocycles. The molecule has 30 heavy (non-hydrogen) atoms. The monoisotopic (exact) mass is 447 g/mol. The number of carbonyl (C=O) groups is 3. The molecule has 11 heteroatoms. The maximum absolute atomic E-state index is 13.6. The van der Waals surface area contributed by atoms with Crippen LogP contribution in [0.25, 0.3) is 0 Å². The molecule has 3 amide bonds. The van der Waals surface area contributed by atoms with Gasteiger partial charge >= 0.3 is 18.2 Å². The minimum Gasteiger partial charge on any atom is -0.480 e. The number of halogens is 4. The van der Waals surface area contributed by atoms with Crippen molar-refractivity contribution in [3.8, 4) is 0 Å². The van der Waals surface area contributed by atoms with Crippen LogP contribution >= 0.6 is 11.6 Å². The van der Waals surface area contributed by atoms with Crippen LogP contribution in [0.15, 0.2) is 18.5 Å². The number of imide groups is 1. The third kappa shape index (κ3) is 4.69. The smallest absolute Gasteiger partial charge is 0.408 e. The van der Waals surface area contributed by atoms with Gasteiger partial charge in [-0.1, -0.05) is 30.9 Å². The van der Waals surface area contributed by atoms with E-state index in [1.54, 1.807) is 0 Å². The van der Waals surface area contributed by atoms with Gasteiger partial charge in [0.2, 0.25) is 5.91 Å². The Morgan fingerprint density at radius 3 is 2.50 bits per heavy atom. The lowest BCUT2D eigenvalue weighted by Gasteiger charge is -2.44. The van der Waals surface area contributed by atoms with Crippen molar-refractivity contribution in [2.24, 2.45) is 11.8 Å². The lowest BCUT2D eigenvalue weighted by Crippen LogP contribution is -2.70. The number of hydrogen-bond acceptors (Lipinski definition) is 4. The standard InChI is InChI=1S/C19H21ClF3N3O4/c20-12-6-10(8-24-9-12)7-13-14(17(28)29)26(16(13)27)18(30)25-15(19(21,22)23)11-4-2-1-3-5-11/h6,8-9,11,13-15H,1-5,7H2,(H,25,30)(H,28,29)/t13-,14+,15+/m1/s1. The molecule has 1 aliphatic carbocycles. The minimum atomic E-state index is -4.70. The third-order valence-corrected chi connectivity index (χ3v) is 5.86. The third-order valence-electron chi connectivity index (χ3n) is 5.66. The summed E-state index contributed by atoms with van der Waals surface area (Å²) in [6, 6.07) is -3.51. The van der Waals surface area contributed by atoms with Crippen LogP contribution in [0, 0.1) is 11.8 Å². The van der Waals surface area contributed by atoms with Crippen LogP contribution in [-0.2, 0) is 16.0 Å². The number of β-lactam (4-membered cyclic amide) rings is 1. The Morgan fingerprint density at radius 1 is 1.27 bits per heavy atom. The van der Waals surface area contributed by atoms with Gasteiger partial charge in [-0.25, -0.2) is 14.5 Å². The van der Waals surface area contributed by atoms with E-state index >= 15 is 0 Å². The summed E-state index contributed by atoms with van der Waals surface area (Å²) in [6.07, 6.45) is 0.742. The molecule has 2 aliphatic rings. The molecule has 3 rings (SSSR count). The van der Waals surface area contributed by atoms with Gasteiger partial charge in [-0.2, -0.15) is 13.2 Å². The highest BCUT2D eigenvalue weighted by atomic mass is 35.5. The van der Waals surface area contributed by atoms with Crippen molar-refractivity contribution < 1.29 is 32.7 Å². The highest BCUT2D eigenvalue weighted by molar-refractivity contribution is 6.30. The summed E-state index contributed by atoms with van der Waals surface area (Å²) in [5.41, 5.74) is 0.488. The summed E-state index contributed by atoms with van der Waals surface area (Å²) in [6.45, 7) is 0. The van der Waals surface area contributed by atoms with E-state index in [0.29, 0.717) is 41.2 Å². The van der Waals surface area contributed by atoms with Gasteiger partial charge in [0.25, 0.3) is 0 Å². The van der Waals surface area contributed by atoms with Gasteiger partial charge in [-0.3, -0.25) is 9.78 Å². The van der Waals surface area contributed by atoms with Crippen molar-refractivity contribution in [3.05, 3.63) is 29.0 Å². The minimum absolute atomic E-state index is 0.0432. The van der Waals surface area contributed by atoms with Crippen LogP contribution < -0.4 is 5.32 Å². The molecule has 1 saturated heterocycles. The molecule has 2 fully saturated rings. The number of carboxylic acids is 1. The molecule has 2 heterocycles. The molecule has 0 unspecified atom stereocenters. The summed E-state index contributed by atoms with van der Waals surface area (Å²) in [5, 5.41) is 11.7. The second kappa shape index (κ2) is 8.79. The summed E-state index contributed by atoms with van der Waals surface area (Å²) in [4.78, 5) is 40.9. The number of alkyl halides is 3. The number of likely N-dealkylation sites (tertiary alicyclic amines) is 1. The maximum Gasteiger partial charge on any atom is 0.408 e. The number of amides is 3. The maximum atomic E-state index is 13.6. The Hall–Kier alpha value is -2.36. The molecule has 0 spiro atoms. The largest absolute Gasteiger partial charge is 0.480 e. The van der Waals surface area contributed by atoms with Crippen molar-refractivity contribution in [1.29, 1.82) is 0 Å². The number of pyridine rings is 1. The average Bonchev–Trinajstić information content (AvgIpc) is 2.67. The zero-order chi connectivity index (χ0) is 22.1. The van der Waals surface area contributed by atoms with Crippen LogP contribution in [0.5, 0.6) is 0 Å². The number of aliphatic carboxylic acids is 1. The molecule has 1 aromatic rings. The van der Waals surface area contributed by atoms with Crippen molar-refractivity contribution >= 4 is 29.5 Å². The zero-order valence-corrected chi connectivity index (χ0v) is 16.6. The molecule has 1 saturated carbocycles. The van der Waals surface area contributed by atoms with Gasteiger partial charge in [-0.15, -0.1) is 0 Å². The Balaban J connectivity index is 1.74. The van der Waals surface area contributed by atoms with E-state index in [4.69, 9.17) is 11.6 Å². The molecule has 0 bridgehead atoms. The van der Waals surface area contributed by atoms with Gasteiger partial charge in [-0.05, 0) is 36.8 Å². The van der Waals surface area contributed by atoms with E-state index in [1.165, 1.54) is 18.5 Å². The van der Waals surface area contributed by atoms with Crippen LogP contribution in [-0.4, -0.2) is 51.2 Å². The average molecular weight is 448 g/mol. The van der Waals surface area contributed by atoms with Gasteiger partial charge in [0.15, 0.2) is 6.04 Å². The normalized spacial score (nSPS) is 23.6.